The number of imidazole rings is 1. The number of halogens is 1. The van der Waals surface area contributed by atoms with E-state index in [1.165, 1.54) is 0 Å². The zero-order valence-corrected chi connectivity index (χ0v) is 21.3. The summed E-state index contributed by atoms with van der Waals surface area (Å²) < 4.78 is 18.5. The Labute approximate surface area is 210 Å². The van der Waals surface area contributed by atoms with E-state index in [-0.39, 0.29) is 11.8 Å². The van der Waals surface area contributed by atoms with Gasteiger partial charge in [0.15, 0.2) is 0 Å². The second kappa shape index (κ2) is 8.25. The van der Waals surface area contributed by atoms with E-state index in [9.17, 15) is 9.18 Å². The maximum atomic E-state index is 14.4. The van der Waals surface area contributed by atoms with Crippen LogP contribution in [-0.4, -0.2) is 47.3 Å². The molecule has 1 saturated carbocycles. The van der Waals surface area contributed by atoms with Crippen LogP contribution < -0.4 is 0 Å². The maximum absolute atomic E-state index is 14.4. The molecule has 36 heavy (non-hydrogen) atoms. The quantitative estimate of drug-likeness (QED) is 0.399. The molecule has 1 aliphatic heterocycles. The molecule has 2 aliphatic rings. The molecule has 8 heteroatoms. The summed E-state index contributed by atoms with van der Waals surface area (Å²) >= 11 is 0. The molecule has 0 bridgehead atoms. The van der Waals surface area contributed by atoms with E-state index in [2.05, 4.69) is 27.9 Å². The number of benzene rings is 1. The lowest BCUT2D eigenvalue weighted by Crippen LogP contribution is -2.40. The number of fused-ring (bicyclic) bond motifs is 2. The van der Waals surface area contributed by atoms with Gasteiger partial charge >= 0.3 is 0 Å². The van der Waals surface area contributed by atoms with Gasteiger partial charge in [-0.25, -0.2) is 9.37 Å². The molecule has 1 aromatic carbocycles. The first-order valence-electron chi connectivity index (χ1n) is 12.7. The Kier molecular flexibility index (Phi) is 5.24. The van der Waals surface area contributed by atoms with Crippen LogP contribution in [0.3, 0.4) is 0 Å². The van der Waals surface area contributed by atoms with Crippen molar-refractivity contribution in [3.05, 3.63) is 53.9 Å². The van der Waals surface area contributed by atoms with Crippen molar-refractivity contribution in [3.8, 4) is 22.5 Å². The molecule has 7 nitrogen and oxygen atoms in total. The van der Waals surface area contributed by atoms with Crippen molar-refractivity contribution in [1.29, 1.82) is 0 Å². The topological polar surface area (TPSA) is 68.8 Å². The van der Waals surface area contributed by atoms with Crippen molar-refractivity contribution in [1.82, 2.24) is 29.2 Å². The van der Waals surface area contributed by atoms with E-state index < -0.39 is 5.67 Å². The minimum Gasteiger partial charge on any atom is -0.335 e. The van der Waals surface area contributed by atoms with Gasteiger partial charge in [-0.1, -0.05) is 25.1 Å². The van der Waals surface area contributed by atoms with Crippen LogP contribution in [0.1, 0.15) is 56.2 Å². The maximum Gasteiger partial charge on any atom is 0.222 e. The largest absolute Gasteiger partial charge is 0.335 e. The normalized spacial score (nSPS) is 21.5. The summed E-state index contributed by atoms with van der Waals surface area (Å²) in [7, 11) is 1.91. The van der Waals surface area contributed by atoms with Gasteiger partial charge in [0, 0.05) is 61.4 Å². The summed E-state index contributed by atoms with van der Waals surface area (Å²) in [6.07, 6.45) is 5.37. The van der Waals surface area contributed by atoms with Crippen LogP contribution >= 0.6 is 0 Å². The highest BCUT2D eigenvalue weighted by atomic mass is 19.1. The summed E-state index contributed by atoms with van der Waals surface area (Å²) in [4.78, 5) is 24.4. The first kappa shape index (κ1) is 22.9. The molecule has 0 N–H and O–H groups in total. The highest BCUT2D eigenvalue weighted by Gasteiger charge is 2.44. The number of carbonyl (C=O) groups excluding carboxylic acids is 1. The molecule has 0 unspecified atom stereocenters. The molecule has 0 spiro atoms. The van der Waals surface area contributed by atoms with Crippen LogP contribution in [0.2, 0.25) is 0 Å². The highest BCUT2D eigenvalue weighted by Crippen LogP contribution is 2.48. The van der Waals surface area contributed by atoms with Gasteiger partial charge in [0.1, 0.15) is 11.5 Å². The Bertz CT molecular complexity index is 1490. The average molecular weight is 487 g/mol. The molecule has 3 aromatic heterocycles. The molecule has 1 amide bonds. The third-order valence-corrected chi connectivity index (χ3v) is 7.71. The highest BCUT2D eigenvalue weighted by molar-refractivity contribution is 5.97. The van der Waals surface area contributed by atoms with Crippen molar-refractivity contribution >= 4 is 16.7 Å². The molecule has 0 radical (unpaired) electrons. The summed E-state index contributed by atoms with van der Waals surface area (Å²) in [6.45, 7) is 7.43. The SMILES string of the molecule is CCC(=O)N1CCn2c(C3CC(C)(F)C3)nc(-c3cccc4cc(-c5cn(C)nc5C)ncc34)c2C1. The zero-order chi connectivity index (χ0) is 25.2. The summed E-state index contributed by atoms with van der Waals surface area (Å²) in [5, 5.41) is 6.54. The van der Waals surface area contributed by atoms with Gasteiger partial charge in [-0.2, -0.15) is 5.10 Å². The van der Waals surface area contributed by atoms with Crippen LogP contribution in [0, 0.1) is 6.92 Å². The van der Waals surface area contributed by atoms with Gasteiger partial charge in [0.05, 0.1) is 29.3 Å². The Morgan fingerprint density at radius 3 is 2.72 bits per heavy atom. The van der Waals surface area contributed by atoms with Crippen LogP contribution in [0.4, 0.5) is 4.39 Å². The molecule has 1 aliphatic carbocycles. The Morgan fingerprint density at radius 1 is 1.22 bits per heavy atom. The van der Waals surface area contributed by atoms with E-state index >= 15 is 0 Å². The van der Waals surface area contributed by atoms with Gasteiger partial charge < -0.3 is 9.47 Å². The number of nitrogens with zero attached hydrogens (tertiary/aromatic N) is 6. The van der Waals surface area contributed by atoms with E-state index in [0.29, 0.717) is 38.9 Å². The number of carbonyl (C=O) groups is 1. The fourth-order valence-corrected chi connectivity index (χ4v) is 5.89. The monoisotopic (exact) mass is 486 g/mol. The van der Waals surface area contributed by atoms with Gasteiger partial charge in [0.2, 0.25) is 5.91 Å². The summed E-state index contributed by atoms with van der Waals surface area (Å²) in [5.41, 5.74) is 4.62. The van der Waals surface area contributed by atoms with Crippen molar-refractivity contribution in [2.45, 2.75) is 64.7 Å². The van der Waals surface area contributed by atoms with Gasteiger partial charge in [-0.15, -0.1) is 0 Å². The van der Waals surface area contributed by atoms with E-state index in [0.717, 1.165) is 50.5 Å². The number of hydrogen-bond donors (Lipinski definition) is 0. The van der Waals surface area contributed by atoms with Crippen molar-refractivity contribution in [2.24, 2.45) is 7.05 Å². The molecule has 186 valence electrons. The first-order valence-corrected chi connectivity index (χ1v) is 12.7. The zero-order valence-electron chi connectivity index (χ0n) is 21.3. The number of amides is 1. The van der Waals surface area contributed by atoms with Crippen LogP contribution in [0.25, 0.3) is 33.3 Å². The Morgan fingerprint density at radius 2 is 2.03 bits per heavy atom. The standard InChI is InChI=1S/C28H31FN6O/c1-5-25(36)34-9-10-35-24(16-34)26(31-27(35)19-12-28(3,29)13-19)20-8-6-7-18-11-23(30-14-21(18)20)22-15-33(4)32-17(22)2/h6-8,11,14-15,19H,5,9-10,12-13,16H2,1-4H3. The second-order valence-electron chi connectivity index (χ2n) is 10.5. The van der Waals surface area contributed by atoms with Crippen molar-refractivity contribution in [3.63, 3.8) is 0 Å². The summed E-state index contributed by atoms with van der Waals surface area (Å²) in [6, 6.07) is 8.31. The minimum absolute atomic E-state index is 0.106. The lowest BCUT2D eigenvalue weighted by Gasteiger charge is -2.39. The number of pyridine rings is 1. The third kappa shape index (κ3) is 3.70. The average Bonchev–Trinajstić information content (AvgIpc) is 3.39. The number of aryl methyl sites for hydroxylation is 2. The fourth-order valence-electron chi connectivity index (χ4n) is 5.89. The van der Waals surface area contributed by atoms with Crippen LogP contribution in [0.5, 0.6) is 0 Å². The van der Waals surface area contributed by atoms with E-state index in [1.54, 1.807) is 11.6 Å². The molecule has 4 heterocycles. The van der Waals surface area contributed by atoms with Crippen LogP contribution in [0.15, 0.2) is 36.7 Å². The molecule has 4 aromatic rings. The van der Waals surface area contributed by atoms with Gasteiger partial charge in [-0.3, -0.25) is 14.5 Å². The van der Waals surface area contributed by atoms with Crippen LogP contribution in [-0.2, 0) is 24.9 Å². The number of rotatable bonds is 4. The molecule has 0 saturated heterocycles. The number of aromatic nitrogens is 5. The number of alkyl halides is 1. The lowest BCUT2D eigenvalue weighted by molar-refractivity contribution is -0.132. The van der Waals surface area contributed by atoms with E-state index in [4.69, 9.17) is 9.97 Å². The minimum atomic E-state index is -1.12. The summed E-state index contributed by atoms with van der Waals surface area (Å²) in [5.74, 6) is 1.20. The molecular formula is C28H31FN6O. The lowest BCUT2D eigenvalue weighted by atomic mass is 9.73. The number of hydrogen-bond acceptors (Lipinski definition) is 4. The molecular weight excluding hydrogens is 455 g/mol. The second-order valence-corrected chi connectivity index (χ2v) is 10.5. The van der Waals surface area contributed by atoms with Crippen molar-refractivity contribution < 1.29 is 9.18 Å². The van der Waals surface area contributed by atoms with E-state index in [1.807, 2.05) is 44.3 Å². The first-order chi connectivity index (χ1) is 17.2. The Balaban J connectivity index is 1.47. The van der Waals surface area contributed by atoms with Gasteiger partial charge in [-0.05, 0) is 38.1 Å². The predicted molar refractivity (Wildman–Crippen MR) is 137 cm³/mol. The predicted octanol–water partition coefficient (Wildman–Crippen LogP) is 5.17. The molecule has 1 fully saturated rings. The Hall–Kier alpha value is -3.55. The van der Waals surface area contributed by atoms with Gasteiger partial charge in [0.25, 0.3) is 0 Å². The molecule has 6 rings (SSSR count). The fraction of sp³-hybridized carbons (Fsp3) is 0.429. The smallest absolute Gasteiger partial charge is 0.222 e. The van der Waals surface area contributed by atoms with Crippen molar-refractivity contribution in [2.75, 3.05) is 6.54 Å². The molecule has 0 atom stereocenters. The third-order valence-electron chi connectivity index (χ3n) is 7.71.